The molecule has 0 fully saturated rings. The van der Waals surface area contributed by atoms with E-state index in [0.717, 1.165) is 18.7 Å². The van der Waals surface area contributed by atoms with Crippen LogP contribution in [0.15, 0.2) is 18.5 Å². The molecule has 0 unspecified atom stereocenters. The highest BCUT2D eigenvalue weighted by Crippen LogP contribution is 2.08. The number of nitrogens with zero attached hydrogens (tertiary/aromatic N) is 2. The summed E-state index contributed by atoms with van der Waals surface area (Å²) in [6.07, 6.45) is 3.91. The third kappa shape index (κ3) is 3.51. The molecule has 15 heavy (non-hydrogen) atoms. The molecule has 0 saturated heterocycles. The second-order valence-corrected chi connectivity index (χ2v) is 4.46. The molecule has 0 radical (unpaired) electrons. The molecule has 0 amide bonds. The van der Waals surface area contributed by atoms with E-state index in [1.165, 1.54) is 0 Å². The van der Waals surface area contributed by atoms with Gasteiger partial charge in [0.1, 0.15) is 0 Å². The van der Waals surface area contributed by atoms with Crippen LogP contribution in [-0.4, -0.2) is 35.9 Å². The fourth-order valence-electron chi connectivity index (χ4n) is 1.37. The van der Waals surface area contributed by atoms with Crippen molar-refractivity contribution in [2.24, 2.45) is 5.92 Å². The van der Waals surface area contributed by atoms with Crippen LogP contribution in [0.3, 0.4) is 0 Å². The van der Waals surface area contributed by atoms with Gasteiger partial charge in [0.2, 0.25) is 0 Å². The average Bonchev–Trinajstić information content (AvgIpc) is 2.61. The highest BCUT2D eigenvalue weighted by atomic mass is 16.1. The molecule has 0 aliphatic heterocycles. The molecule has 0 spiro atoms. The lowest BCUT2D eigenvalue weighted by Gasteiger charge is -2.09. The van der Waals surface area contributed by atoms with Gasteiger partial charge in [-0.2, -0.15) is 0 Å². The first-order valence-corrected chi connectivity index (χ1v) is 5.35. The Kier molecular flexibility index (Phi) is 4.09. The molecule has 0 N–H and O–H groups in total. The van der Waals surface area contributed by atoms with E-state index in [2.05, 4.69) is 9.47 Å². The van der Waals surface area contributed by atoms with Crippen molar-refractivity contribution in [1.29, 1.82) is 0 Å². The largest absolute Gasteiger partial charge is 0.352 e. The van der Waals surface area contributed by atoms with Crippen LogP contribution in [0.5, 0.6) is 0 Å². The number of carbonyl (C=O) groups is 1. The minimum absolute atomic E-state index is 0.0784. The number of likely N-dealkylation sites (N-methyl/N-ethyl adjacent to an activating group) is 1. The lowest BCUT2D eigenvalue weighted by molar-refractivity contribution is 0.0939. The van der Waals surface area contributed by atoms with Crippen LogP contribution in [0.1, 0.15) is 24.2 Å². The third-order valence-electron chi connectivity index (χ3n) is 2.36. The van der Waals surface area contributed by atoms with E-state index >= 15 is 0 Å². The van der Waals surface area contributed by atoms with Gasteiger partial charge in [0.25, 0.3) is 0 Å². The first kappa shape index (κ1) is 12.0. The Morgan fingerprint density at radius 2 is 2.13 bits per heavy atom. The van der Waals surface area contributed by atoms with Gasteiger partial charge in [-0.25, -0.2) is 0 Å². The van der Waals surface area contributed by atoms with E-state index in [-0.39, 0.29) is 11.7 Å². The highest BCUT2D eigenvalue weighted by Gasteiger charge is 2.11. The lowest BCUT2D eigenvalue weighted by Crippen LogP contribution is -2.17. The SMILES string of the molecule is CC(C)C(=O)c1ccn(CCN(C)C)c1. The predicted molar refractivity (Wildman–Crippen MR) is 62.2 cm³/mol. The smallest absolute Gasteiger partial charge is 0.166 e. The summed E-state index contributed by atoms with van der Waals surface area (Å²) in [5, 5.41) is 0. The molecule has 1 rings (SSSR count). The molecule has 1 heterocycles. The number of carbonyl (C=O) groups excluding carboxylic acids is 1. The summed E-state index contributed by atoms with van der Waals surface area (Å²) in [5.41, 5.74) is 0.823. The normalized spacial score (nSPS) is 11.3. The Balaban J connectivity index is 2.60. The van der Waals surface area contributed by atoms with Crippen LogP contribution in [0.2, 0.25) is 0 Å². The minimum Gasteiger partial charge on any atom is -0.352 e. The summed E-state index contributed by atoms with van der Waals surface area (Å²) in [7, 11) is 4.09. The molecule has 1 aromatic rings. The zero-order valence-corrected chi connectivity index (χ0v) is 10.0. The first-order chi connectivity index (χ1) is 7.00. The van der Waals surface area contributed by atoms with Gasteiger partial charge < -0.3 is 9.47 Å². The summed E-state index contributed by atoms with van der Waals surface area (Å²) in [6.45, 7) is 5.78. The van der Waals surface area contributed by atoms with Crippen molar-refractivity contribution in [3.8, 4) is 0 Å². The van der Waals surface area contributed by atoms with E-state index in [0.29, 0.717) is 0 Å². The summed E-state index contributed by atoms with van der Waals surface area (Å²) >= 11 is 0. The van der Waals surface area contributed by atoms with Gasteiger partial charge in [-0.1, -0.05) is 13.8 Å². The van der Waals surface area contributed by atoms with Crippen molar-refractivity contribution in [3.63, 3.8) is 0 Å². The van der Waals surface area contributed by atoms with Crippen LogP contribution >= 0.6 is 0 Å². The van der Waals surface area contributed by atoms with Gasteiger partial charge >= 0.3 is 0 Å². The molecule has 84 valence electrons. The fourth-order valence-corrected chi connectivity index (χ4v) is 1.37. The van der Waals surface area contributed by atoms with E-state index in [9.17, 15) is 4.79 Å². The topological polar surface area (TPSA) is 25.2 Å². The minimum atomic E-state index is 0.0784. The number of rotatable bonds is 5. The van der Waals surface area contributed by atoms with Crippen molar-refractivity contribution in [1.82, 2.24) is 9.47 Å². The van der Waals surface area contributed by atoms with Crippen molar-refractivity contribution in [2.75, 3.05) is 20.6 Å². The number of Topliss-reactive ketones (excluding diaryl/α,β-unsaturated/α-hetero) is 1. The standard InChI is InChI=1S/C12H20N2O/c1-10(2)12(15)11-5-6-14(9-11)8-7-13(3)4/h5-6,9-10H,7-8H2,1-4H3. The first-order valence-electron chi connectivity index (χ1n) is 5.35. The maximum absolute atomic E-state index is 11.7. The zero-order valence-electron chi connectivity index (χ0n) is 10.0. The zero-order chi connectivity index (χ0) is 11.4. The molecule has 0 aliphatic carbocycles. The van der Waals surface area contributed by atoms with Gasteiger partial charge in [0.15, 0.2) is 5.78 Å². The Morgan fingerprint density at radius 3 is 2.67 bits per heavy atom. The second-order valence-electron chi connectivity index (χ2n) is 4.46. The number of ketones is 1. The van der Waals surface area contributed by atoms with Crippen molar-refractivity contribution < 1.29 is 4.79 Å². The summed E-state index contributed by atoms with van der Waals surface area (Å²) in [4.78, 5) is 13.8. The molecule has 3 heteroatoms. The Labute approximate surface area is 91.7 Å². The van der Waals surface area contributed by atoms with Gasteiger partial charge in [0, 0.05) is 37.0 Å². The van der Waals surface area contributed by atoms with Crippen molar-refractivity contribution in [3.05, 3.63) is 24.0 Å². The van der Waals surface area contributed by atoms with Gasteiger partial charge in [0.05, 0.1) is 0 Å². The fraction of sp³-hybridized carbons (Fsp3) is 0.583. The quantitative estimate of drug-likeness (QED) is 0.690. The van der Waals surface area contributed by atoms with Crippen LogP contribution in [-0.2, 0) is 6.54 Å². The van der Waals surface area contributed by atoms with E-state index in [1.54, 1.807) is 0 Å². The molecular formula is C12H20N2O. The predicted octanol–water partition coefficient (Wildman–Crippen LogP) is 1.89. The Morgan fingerprint density at radius 1 is 1.47 bits per heavy atom. The Bertz CT molecular complexity index is 326. The second kappa shape index (κ2) is 5.12. The molecular weight excluding hydrogens is 188 g/mol. The number of aromatic nitrogens is 1. The van der Waals surface area contributed by atoms with E-state index in [4.69, 9.17) is 0 Å². The number of hydrogen-bond donors (Lipinski definition) is 0. The van der Waals surface area contributed by atoms with Gasteiger partial charge in [-0.3, -0.25) is 4.79 Å². The van der Waals surface area contributed by atoms with Crippen molar-refractivity contribution >= 4 is 5.78 Å². The van der Waals surface area contributed by atoms with Gasteiger partial charge in [-0.05, 0) is 20.2 Å². The molecule has 0 aromatic carbocycles. The molecule has 1 aromatic heterocycles. The van der Waals surface area contributed by atoms with Crippen LogP contribution < -0.4 is 0 Å². The van der Waals surface area contributed by atoms with E-state index in [1.807, 2.05) is 46.4 Å². The number of hydrogen-bond acceptors (Lipinski definition) is 2. The highest BCUT2D eigenvalue weighted by molar-refractivity contribution is 5.97. The summed E-state index contributed by atoms with van der Waals surface area (Å²) in [5.74, 6) is 0.299. The molecule has 3 nitrogen and oxygen atoms in total. The Hall–Kier alpha value is -1.09. The van der Waals surface area contributed by atoms with Crippen LogP contribution in [0, 0.1) is 5.92 Å². The maximum atomic E-state index is 11.7. The summed E-state index contributed by atoms with van der Waals surface area (Å²) < 4.78 is 2.07. The molecule has 0 bridgehead atoms. The monoisotopic (exact) mass is 208 g/mol. The van der Waals surface area contributed by atoms with Gasteiger partial charge in [-0.15, -0.1) is 0 Å². The molecule has 0 saturated carbocycles. The van der Waals surface area contributed by atoms with Crippen molar-refractivity contribution in [2.45, 2.75) is 20.4 Å². The summed E-state index contributed by atoms with van der Waals surface area (Å²) in [6, 6.07) is 1.90. The van der Waals surface area contributed by atoms with Crippen LogP contribution in [0.25, 0.3) is 0 Å². The molecule has 0 aliphatic rings. The molecule has 0 atom stereocenters. The average molecular weight is 208 g/mol. The third-order valence-corrected chi connectivity index (χ3v) is 2.36. The lowest BCUT2D eigenvalue weighted by atomic mass is 10.0. The maximum Gasteiger partial charge on any atom is 0.166 e. The van der Waals surface area contributed by atoms with E-state index < -0.39 is 0 Å². The van der Waals surface area contributed by atoms with Crippen LogP contribution in [0.4, 0.5) is 0 Å².